The van der Waals surface area contributed by atoms with Gasteiger partial charge in [0.1, 0.15) is 30.1 Å². The molecule has 1 saturated carbocycles. The molecule has 6 rings (SSSR count). The fourth-order valence-electron chi connectivity index (χ4n) is 5.27. The predicted octanol–water partition coefficient (Wildman–Crippen LogP) is 3.13. The first-order valence-corrected chi connectivity index (χ1v) is 13.7. The lowest BCUT2D eigenvalue weighted by molar-refractivity contribution is -0.135. The molecule has 4 N–H and O–H groups in total. The van der Waals surface area contributed by atoms with Crippen LogP contribution in [0.25, 0.3) is 33.8 Å². The molecule has 1 saturated heterocycles. The smallest absolute Gasteiger partial charge is 0.323 e. The van der Waals surface area contributed by atoms with Crippen molar-refractivity contribution in [2.75, 3.05) is 25.4 Å². The van der Waals surface area contributed by atoms with Gasteiger partial charge in [-0.15, -0.1) is 0 Å². The summed E-state index contributed by atoms with van der Waals surface area (Å²) in [5.74, 6) is 0.894. The normalized spacial score (nSPS) is 16.3. The molecule has 0 bridgehead atoms. The molecule has 41 heavy (non-hydrogen) atoms. The molecule has 4 aromatic heterocycles. The molecule has 0 radical (unpaired) electrons. The summed E-state index contributed by atoms with van der Waals surface area (Å²) >= 11 is 0. The second-order valence-electron chi connectivity index (χ2n) is 11.6. The van der Waals surface area contributed by atoms with Gasteiger partial charge < -0.3 is 25.6 Å². The number of piperidine rings is 1. The number of amides is 2. The number of aliphatic carboxylic acids is 1. The Hall–Kier alpha value is -4.62. The van der Waals surface area contributed by atoms with E-state index in [9.17, 15) is 9.59 Å². The van der Waals surface area contributed by atoms with Crippen LogP contribution in [-0.2, 0) is 10.3 Å². The highest BCUT2D eigenvalue weighted by Gasteiger charge is 2.36. The Balaban J connectivity index is 1.30. The molecule has 4 aromatic rings. The Morgan fingerprint density at radius 2 is 1.76 bits per heavy atom. The maximum Gasteiger partial charge on any atom is 0.323 e. The number of hydrogen-bond donors (Lipinski definition) is 3. The van der Waals surface area contributed by atoms with Crippen LogP contribution in [0.2, 0.25) is 0 Å². The minimum Gasteiger partial charge on any atom is -0.480 e. The molecule has 0 spiro atoms. The van der Waals surface area contributed by atoms with Gasteiger partial charge in [0, 0.05) is 31.4 Å². The van der Waals surface area contributed by atoms with Gasteiger partial charge in [-0.2, -0.15) is 5.10 Å². The summed E-state index contributed by atoms with van der Waals surface area (Å²) in [7, 11) is 0. The molecule has 2 fully saturated rings. The van der Waals surface area contributed by atoms with Crippen LogP contribution in [-0.4, -0.2) is 76.5 Å². The Kier molecular flexibility index (Phi) is 6.54. The number of nitrogen functional groups attached to an aromatic ring is 1. The van der Waals surface area contributed by atoms with Crippen LogP contribution < -0.4 is 11.1 Å². The summed E-state index contributed by atoms with van der Waals surface area (Å²) in [6.45, 7) is 6.76. The number of hydrogen-bond acceptors (Lipinski definition) is 10. The SMILES string of the molecule is CC(C)(C)n1nc(-c2noc(C3CC3)c2-c2ncc(C3CCN(C(=O)NCC(=O)O)CC3)cn2)c2c(N)ncnc21. The van der Waals surface area contributed by atoms with Gasteiger partial charge in [0.05, 0.1) is 16.5 Å². The van der Waals surface area contributed by atoms with Crippen molar-refractivity contribution in [2.45, 2.75) is 63.8 Å². The second-order valence-corrected chi connectivity index (χ2v) is 11.6. The zero-order chi connectivity index (χ0) is 28.9. The Bertz CT molecular complexity index is 1610. The van der Waals surface area contributed by atoms with E-state index in [-0.39, 0.29) is 23.4 Å². The van der Waals surface area contributed by atoms with Crippen molar-refractivity contribution < 1.29 is 19.2 Å². The van der Waals surface area contributed by atoms with Crippen LogP contribution in [0.1, 0.15) is 69.6 Å². The summed E-state index contributed by atoms with van der Waals surface area (Å²) in [4.78, 5) is 42.8. The van der Waals surface area contributed by atoms with Crippen molar-refractivity contribution in [2.24, 2.45) is 0 Å². The molecule has 214 valence electrons. The zero-order valence-electron chi connectivity index (χ0n) is 23.2. The van der Waals surface area contributed by atoms with E-state index in [1.807, 2.05) is 37.8 Å². The summed E-state index contributed by atoms with van der Waals surface area (Å²) in [5, 5.41) is 21.2. The molecule has 1 aliphatic carbocycles. The molecule has 0 unspecified atom stereocenters. The highest BCUT2D eigenvalue weighted by atomic mass is 16.5. The number of anilines is 1. The monoisotopic (exact) mass is 560 g/mol. The minimum absolute atomic E-state index is 0.181. The molecule has 14 heteroatoms. The predicted molar refractivity (Wildman–Crippen MR) is 148 cm³/mol. The fraction of sp³-hybridized carbons (Fsp3) is 0.481. The van der Waals surface area contributed by atoms with Gasteiger partial charge in [0.15, 0.2) is 17.2 Å². The average Bonchev–Trinajstić information content (AvgIpc) is 3.57. The molecule has 14 nitrogen and oxygen atoms in total. The van der Waals surface area contributed by atoms with Gasteiger partial charge in [0.2, 0.25) is 0 Å². The number of carbonyl (C=O) groups is 2. The number of nitrogens with one attached hydrogen (secondary N) is 1. The molecule has 0 atom stereocenters. The Morgan fingerprint density at radius 1 is 1.05 bits per heavy atom. The fourth-order valence-corrected chi connectivity index (χ4v) is 5.27. The standard InChI is InChI=1S/C27H32N10O4/c1-27(2,3)37-25-19(23(28)32-13-33-25)20(34-37)21-18(22(41-35-21)15-4-5-15)24-29-10-16(11-30-24)14-6-8-36(9-7-14)26(40)31-12-17(38)39/h10-11,13-15H,4-9,12H2,1-3H3,(H,31,40)(H,38,39)(H2,28,32,33). The van der Waals surface area contributed by atoms with Crippen molar-refractivity contribution in [1.82, 2.24) is 45.1 Å². The third-order valence-electron chi connectivity index (χ3n) is 7.56. The van der Waals surface area contributed by atoms with E-state index >= 15 is 0 Å². The van der Waals surface area contributed by atoms with Crippen molar-refractivity contribution in [3.05, 3.63) is 30.0 Å². The number of fused-ring (bicyclic) bond motifs is 1. The van der Waals surface area contributed by atoms with Crippen LogP contribution in [0.3, 0.4) is 0 Å². The van der Waals surface area contributed by atoms with Crippen molar-refractivity contribution >= 4 is 28.9 Å². The lowest BCUT2D eigenvalue weighted by atomic mass is 9.91. The number of carboxylic acids is 1. The van der Waals surface area contributed by atoms with E-state index in [1.54, 1.807) is 4.90 Å². The first-order chi connectivity index (χ1) is 19.6. The van der Waals surface area contributed by atoms with E-state index < -0.39 is 12.5 Å². The molecule has 0 aromatic carbocycles. The van der Waals surface area contributed by atoms with Crippen LogP contribution in [0.5, 0.6) is 0 Å². The second kappa shape index (κ2) is 10.1. The van der Waals surface area contributed by atoms with Crippen molar-refractivity contribution in [1.29, 1.82) is 0 Å². The Morgan fingerprint density at radius 3 is 2.39 bits per heavy atom. The van der Waals surface area contributed by atoms with Gasteiger partial charge >= 0.3 is 12.0 Å². The van der Waals surface area contributed by atoms with Crippen LogP contribution in [0, 0.1) is 0 Å². The topological polar surface area (TPSA) is 191 Å². The largest absolute Gasteiger partial charge is 0.480 e. The summed E-state index contributed by atoms with van der Waals surface area (Å²) in [5.41, 5.74) is 9.29. The minimum atomic E-state index is -1.07. The lowest BCUT2D eigenvalue weighted by Crippen LogP contribution is -2.45. The number of nitrogens with zero attached hydrogens (tertiary/aromatic N) is 8. The van der Waals surface area contributed by atoms with Crippen LogP contribution in [0.4, 0.5) is 10.6 Å². The van der Waals surface area contributed by atoms with Gasteiger partial charge in [-0.1, -0.05) is 5.16 Å². The highest BCUT2D eigenvalue weighted by Crippen LogP contribution is 2.48. The molecule has 2 amide bonds. The van der Waals surface area contributed by atoms with Gasteiger partial charge in [-0.3, -0.25) is 4.79 Å². The first-order valence-electron chi connectivity index (χ1n) is 13.7. The third kappa shape index (κ3) is 5.05. The number of carbonyl (C=O) groups excluding carboxylic acids is 1. The maximum atomic E-state index is 12.2. The van der Waals surface area contributed by atoms with E-state index in [1.165, 1.54) is 6.33 Å². The molecular weight excluding hydrogens is 528 g/mol. The summed E-state index contributed by atoms with van der Waals surface area (Å²) in [6.07, 6.45) is 8.53. The van der Waals surface area contributed by atoms with Crippen LogP contribution in [0.15, 0.2) is 23.2 Å². The first kappa shape index (κ1) is 26.6. The summed E-state index contributed by atoms with van der Waals surface area (Å²) in [6, 6.07) is -0.363. The average molecular weight is 561 g/mol. The molecular formula is C27H32N10O4. The molecule has 5 heterocycles. The highest BCUT2D eigenvalue weighted by molar-refractivity contribution is 6.00. The number of aromatic nitrogens is 7. The van der Waals surface area contributed by atoms with E-state index in [2.05, 4.69) is 20.4 Å². The van der Waals surface area contributed by atoms with Crippen molar-refractivity contribution in [3.63, 3.8) is 0 Å². The van der Waals surface area contributed by atoms with Gasteiger partial charge in [-0.05, 0) is 57.9 Å². The number of nitrogens with two attached hydrogens (primary N) is 1. The van der Waals surface area contributed by atoms with Crippen LogP contribution >= 0.6 is 0 Å². The number of carboxylic acid groups (broad SMARTS) is 1. The quantitative estimate of drug-likeness (QED) is 0.314. The van der Waals surface area contributed by atoms with Crippen molar-refractivity contribution in [3.8, 4) is 22.8 Å². The maximum absolute atomic E-state index is 12.2. The Labute approximate surface area is 235 Å². The third-order valence-corrected chi connectivity index (χ3v) is 7.56. The van der Waals surface area contributed by atoms with E-state index in [0.717, 1.165) is 37.0 Å². The van der Waals surface area contributed by atoms with Gasteiger partial charge in [-0.25, -0.2) is 29.4 Å². The molecule has 1 aliphatic heterocycles. The molecule has 2 aliphatic rings. The lowest BCUT2D eigenvalue weighted by Gasteiger charge is -2.31. The number of likely N-dealkylation sites (tertiary alicyclic amines) is 1. The zero-order valence-corrected chi connectivity index (χ0v) is 23.2. The number of urea groups is 1. The summed E-state index contributed by atoms with van der Waals surface area (Å²) < 4.78 is 7.71. The number of rotatable bonds is 6. The van der Waals surface area contributed by atoms with Gasteiger partial charge in [0.25, 0.3) is 0 Å². The van der Waals surface area contributed by atoms with E-state index in [4.69, 9.17) is 30.4 Å². The van der Waals surface area contributed by atoms with E-state index in [0.29, 0.717) is 52.7 Å².